The molecule has 2 aromatic rings. The molecule has 1 atom stereocenters. The zero-order chi connectivity index (χ0) is 13.9. The van der Waals surface area contributed by atoms with E-state index in [0.717, 1.165) is 35.9 Å². The summed E-state index contributed by atoms with van der Waals surface area (Å²) < 4.78 is 13.9. The second kappa shape index (κ2) is 5.85. The standard InChI is InChI=1S/C14H17N3O2S/c1-17(14(18)13-4-2-3-7-19-13)9-10-5-6-11-12(8-10)16-20-15-11/h5-6,8,13H,2-4,7,9H2,1H3. The van der Waals surface area contributed by atoms with Crippen molar-refractivity contribution in [3.8, 4) is 0 Å². The Bertz CT molecular complexity index is 607. The number of nitrogens with zero attached hydrogens (tertiary/aromatic N) is 3. The molecule has 1 aliphatic heterocycles. The van der Waals surface area contributed by atoms with Crippen LogP contribution in [0.25, 0.3) is 11.0 Å². The van der Waals surface area contributed by atoms with E-state index in [1.54, 1.807) is 4.90 Å². The van der Waals surface area contributed by atoms with Crippen LogP contribution in [0.15, 0.2) is 18.2 Å². The van der Waals surface area contributed by atoms with E-state index in [0.29, 0.717) is 13.2 Å². The highest BCUT2D eigenvalue weighted by Gasteiger charge is 2.24. The number of amides is 1. The topological polar surface area (TPSA) is 55.3 Å². The highest BCUT2D eigenvalue weighted by atomic mass is 32.1. The zero-order valence-electron chi connectivity index (χ0n) is 11.4. The zero-order valence-corrected chi connectivity index (χ0v) is 12.2. The van der Waals surface area contributed by atoms with E-state index in [1.807, 2.05) is 25.2 Å². The Hall–Kier alpha value is -1.53. The molecule has 0 N–H and O–H groups in total. The molecule has 0 spiro atoms. The molecule has 0 bridgehead atoms. The van der Waals surface area contributed by atoms with Crippen LogP contribution in [-0.2, 0) is 16.1 Å². The van der Waals surface area contributed by atoms with Gasteiger partial charge in [0.05, 0.1) is 11.7 Å². The van der Waals surface area contributed by atoms with E-state index < -0.39 is 0 Å². The highest BCUT2D eigenvalue weighted by molar-refractivity contribution is 7.00. The summed E-state index contributed by atoms with van der Waals surface area (Å²) in [5, 5.41) is 0. The number of hydrogen-bond donors (Lipinski definition) is 0. The largest absolute Gasteiger partial charge is 0.368 e. The number of aromatic nitrogens is 2. The van der Waals surface area contributed by atoms with Crippen molar-refractivity contribution in [2.45, 2.75) is 31.9 Å². The molecule has 1 aromatic carbocycles. The summed E-state index contributed by atoms with van der Waals surface area (Å²) in [5.41, 5.74) is 2.86. The van der Waals surface area contributed by atoms with Gasteiger partial charge >= 0.3 is 0 Å². The SMILES string of the molecule is CN(Cc1ccc2nsnc2c1)C(=O)C1CCCCO1. The van der Waals surface area contributed by atoms with Crippen LogP contribution in [0, 0.1) is 0 Å². The first-order valence-corrected chi connectivity index (χ1v) is 7.55. The number of fused-ring (bicyclic) bond motifs is 1. The van der Waals surface area contributed by atoms with Crippen molar-refractivity contribution in [3.05, 3.63) is 23.8 Å². The lowest BCUT2D eigenvalue weighted by atomic mass is 10.1. The van der Waals surface area contributed by atoms with Crippen LogP contribution in [-0.4, -0.2) is 39.3 Å². The molecule has 1 amide bonds. The van der Waals surface area contributed by atoms with Crippen LogP contribution in [0.1, 0.15) is 24.8 Å². The summed E-state index contributed by atoms with van der Waals surface area (Å²) in [7, 11) is 1.82. The van der Waals surface area contributed by atoms with Gasteiger partial charge in [-0.15, -0.1) is 0 Å². The average molecular weight is 291 g/mol. The summed E-state index contributed by atoms with van der Waals surface area (Å²) in [6, 6.07) is 5.93. The maximum Gasteiger partial charge on any atom is 0.251 e. The van der Waals surface area contributed by atoms with Crippen molar-refractivity contribution in [2.24, 2.45) is 0 Å². The smallest absolute Gasteiger partial charge is 0.251 e. The second-order valence-electron chi connectivity index (χ2n) is 5.14. The monoisotopic (exact) mass is 291 g/mol. The van der Waals surface area contributed by atoms with E-state index in [4.69, 9.17) is 4.74 Å². The van der Waals surface area contributed by atoms with Crippen LogP contribution in [0.4, 0.5) is 0 Å². The fourth-order valence-electron chi connectivity index (χ4n) is 2.46. The number of rotatable bonds is 3. The van der Waals surface area contributed by atoms with Crippen molar-refractivity contribution in [2.75, 3.05) is 13.7 Å². The lowest BCUT2D eigenvalue weighted by Gasteiger charge is -2.26. The van der Waals surface area contributed by atoms with Gasteiger partial charge in [-0.1, -0.05) is 6.07 Å². The number of carbonyl (C=O) groups excluding carboxylic acids is 1. The van der Waals surface area contributed by atoms with Crippen LogP contribution in [0.5, 0.6) is 0 Å². The quantitative estimate of drug-likeness (QED) is 0.870. The maximum absolute atomic E-state index is 12.3. The Morgan fingerprint density at radius 3 is 3.05 bits per heavy atom. The van der Waals surface area contributed by atoms with Gasteiger partial charge in [-0.3, -0.25) is 4.79 Å². The van der Waals surface area contributed by atoms with E-state index >= 15 is 0 Å². The van der Waals surface area contributed by atoms with Gasteiger partial charge in [-0.2, -0.15) is 8.75 Å². The molecule has 1 aliphatic rings. The number of hydrogen-bond acceptors (Lipinski definition) is 5. The molecule has 3 rings (SSSR count). The lowest BCUT2D eigenvalue weighted by molar-refractivity contribution is -0.145. The Kier molecular flexibility index (Phi) is 3.93. The number of benzene rings is 1. The molecular formula is C14H17N3O2S. The van der Waals surface area contributed by atoms with E-state index in [9.17, 15) is 4.79 Å². The molecule has 20 heavy (non-hydrogen) atoms. The Morgan fingerprint density at radius 1 is 1.40 bits per heavy atom. The summed E-state index contributed by atoms with van der Waals surface area (Å²) >= 11 is 1.21. The minimum atomic E-state index is -0.265. The maximum atomic E-state index is 12.3. The predicted molar refractivity (Wildman–Crippen MR) is 77.5 cm³/mol. The first kappa shape index (κ1) is 13.5. The Balaban J connectivity index is 1.67. The molecule has 2 heterocycles. The molecular weight excluding hydrogens is 274 g/mol. The minimum Gasteiger partial charge on any atom is -0.368 e. The molecule has 1 fully saturated rings. The van der Waals surface area contributed by atoms with Gasteiger partial charge in [-0.05, 0) is 37.0 Å². The van der Waals surface area contributed by atoms with Gasteiger partial charge in [0.1, 0.15) is 17.1 Å². The summed E-state index contributed by atoms with van der Waals surface area (Å²) in [4.78, 5) is 14.0. The normalized spacial score (nSPS) is 19.1. The third-order valence-electron chi connectivity index (χ3n) is 3.57. The average Bonchev–Trinajstić information content (AvgIpc) is 2.95. The van der Waals surface area contributed by atoms with Gasteiger partial charge in [0.15, 0.2) is 0 Å². The molecule has 1 aromatic heterocycles. The van der Waals surface area contributed by atoms with Crippen LogP contribution in [0.2, 0.25) is 0 Å². The summed E-state index contributed by atoms with van der Waals surface area (Å²) in [5.74, 6) is 0.0706. The highest BCUT2D eigenvalue weighted by Crippen LogP contribution is 2.18. The van der Waals surface area contributed by atoms with Gasteiger partial charge in [0.25, 0.3) is 5.91 Å². The molecule has 5 nitrogen and oxygen atoms in total. The van der Waals surface area contributed by atoms with Gasteiger partial charge < -0.3 is 9.64 Å². The van der Waals surface area contributed by atoms with Crippen molar-refractivity contribution in [1.29, 1.82) is 0 Å². The Morgan fingerprint density at radius 2 is 2.25 bits per heavy atom. The predicted octanol–water partition coefficient (Wildman–Crippen LogP) is 2.22. The van der Waals surface area contributed by atoms with Crippen molar-refractivity contribution in [1.82, 2.24) is 13.6 Å². The summed E-state index contributed by atoms with van der Waals surface area (Å²) in [6.07, 6.45) is 2.69. The molecule has 106 valence electrons. The first-order chi connectivity index (χ1) is 9.74. The molecule has 1 saturated heterocycles. The third kappa shape index (κ3) is 2.81. The van der Waals surface area contributed by atoms with Gasteiger partial charge in [0, 0.05) is 20.2 Å². The molecule has 6 heteroatoms. The second-order valence-corrected chi connectivity index (χ2v) is 5.67. The van der Waals surface area contributed by atoms with E-state index in [2.05, 4.69) is 8.75 Å². The van der Waals surface area contributed by atoms with Crippen molar-refractivity contribution < 1.29 is 9.53 Å². The van der Waals surface area contributed by atoms with Gasteiger partial charge in [-0.25, -0.2) is 0 Å². The van der Waals surface area contributed by atoms with Crippen LogP contribution < -0.4 is 0 Å². The van der Waals surface area contributed by atoms with Crippen LogP contribution >= 0.6 is 11.7 Å². The third-order valence-corrected chi connectivity index (χ3v) is 4.13. The van der Waals surface area contributed by atoms with E-state index in [1.165, 1.54) is 11.7 Å². The minimum absolute atomic E-state index is 0.0706. The number of likely N-dealkylation sites (N-methyl/N-ethyl adjacent to an activating group) is 1. The molecule has 0 radical (unpaired) electrons. The fourth-order valence-corrected chi connectivity index (χ4v) is 2.98. The first-order valence-electron chi connectivity index (χ1n) is 6.82. The molecule has 0 saturated carbocycles. The molecule has 0 aliphatic carbocycles. The lowest BCUT2D eigenvalue weighted by Crippen LogP contribution is -2.39. The van der Waals surface area contributed by atoms with Gasteiger partial charge in [0.2, 0.25) is 0 Å². The number of carbonyl (C=O) groups is 1. The summed E-state index contributed by atoms with van der Waals surface area (Å²) in [6.45, 7) is 1.27. The fraction of sp³-hybridized carbons (Fsp3) is 0.500. The Labute approximate surface area is 121 Å². The van der Waals surface area contributed by atoms with Crippen molar-refractivity contribution in [3.63, 3.8) is 0 Å². The van der Waals surface area contributed by atoms with Crippen LogP contribution in [0.3, 0.4) is 0 Å². The molecule has 1 unspecified atom stereocenters. The number of ether oxygens (including phenoxy) is 1. The van der Waals surface area contributed by atoms with Crippen molar-refractivity contribution >= 4 is 28.7 Å². The van der Waals surface area contributed by atoms with E-state index in [-0.39, 0.29) is 12.0 Å².